The molecule has 2 aromatic rings. The number of alkyl halides is 3. The van der Waals surface area contributed by atoms with Gasteiger partial charge in [0.05, 0.1) is 6.04 Å². The van der Waals surface area contributed by atoms with Crippen molar-refractivity contribution in [1.82, 2.24) is 15.3 Å². The van der Waals surface area contributed by atoms with E-state index >= 15 is 0 Å². The molecule has 0 saturated heterocycles. The highest BCUT2D eigenvalue weighted by atomic mass is 32.1. The van der Waals surface area contributed by atoms with E-state index in [1.165, 1.54) is 6.20 Å². The third-order valence-corrected chi connectivity index (χ3v) is 3.46. The Bertz CT molecular complexity index is 510. The summed E-state index contributed by atoms with van der Waals surface area (Å²) in [7, 11) is 1.69. The van der Waals surface area contributed by atoms with Gasteiger partial charge in [-0.05, 0) is 18.7 Å². The van der Waals surface area contributed by atoms with Crippen molar-refractivity contribution in [1.29, 1.82) is 0 Å². The number of hydrogen-bond acceptors (Lipinski definition) is 4. The van der Waals surface area contributed by atoms with Crippen LogP contribution in [0.5, 0.6) is 0 Å². The predicted molar refractivity (Wildman–Crippen MR) is 62.3 cm³/mol. The first-order valence-electron chi connectivity index (χ1n) is 5.12. The molecular weight excluding hydrogens is 263 g/mol. The fourth-order valence-electron chi connectivity index (χ4n) is 1.57. The van der Waals surface area contributed by atoms with Gasteiger partial charge in [-0.1, -0.05) is 6.07 Å². The van der Waals surface area contributed by atoms with Gasteiger partial charge in [0.25, 0.3) is 0 Å². The van der Waals surface area contributed by atoms with Gasteiger partial charge in [0.2, 0.25) is 0 Å². The highest BCUT2D eigenvalue weighted by molar-refractivity contribution is 7.11. The van der Waals surface area contributed by atoms with Gasteiger partial charge in [-0.25, -0.2) is 4.98 Å². The van der Waals surface area contributed by atoms with Crippen LogP contribution in [0.3, 0.4) is 0 Å². The number of hydrogen-bond donors (Lipinski definition) is 1. The first-order chi connectivity index (χ1) is 8.52. The van der Waals surface area contributed by atoms with Gasteiger partial charge in [0.15, 0.2) is 5.01 Å². The summed E-state index contributed by atoms with van der Waals surface area (Å²) >= 11 is 0.641. The maximum atomic E-state index is 12.5. The summed E-state index contributed by atoms with van der Waals surface area (Å²) in [5, 5.41) is 2.13. The molecule has 0 aliphatic rings. The predicted octanol–water partition coefficient (Wildman–Crippen LogP) is 2.87. The average Bonchev–Trinajstić information content (AvgIpc) is 2.81. The van der Waals surface area contributed by atoms with Crippen molar-refractivity contribution in [2.24, 2.45) is 0 Å². The van der Waals surface area contributed by atoms with Crippen molar-refractivity contribution >= 4 is 11.3 Å². The number of nitrogens with zero attached hydrogens (tertiary/aromatic N) is 2. The van der Waals surface area contributed by atoms with Crippen molar-refractivity contribution in [3.05, 3.63) is 46.2 Å². The molecular formula is C11H10F3N3S. The summed E-state index contributed by atoms with van der Waals surface area (Å²) in [4.78, 5) is 7.88. The zero-order chi connectivity index (χ0) is 13.2. The molecule has 0 fully saturated rings. The van der Waals surface area contributed by atoms with E-state index in [1.807, 2.05) is 0 Å². The van der Waals surface area contributed by atoms with Crippen LogP contribution >= 0.6 is 11.3 Å². The molecule has 0 radical (unpaired) electrons. The van der Waals surface area contributed by atoms with Crippen LogP contribution in [-0.2, 0) is 6.18 Å². The maximum Gasteiger partial charge on any atom is 0.443 e. The van der Waals surface area contributed by atoms with Gasteiger partial charge >= 0.3 is 6.18 Å². The lowest BCUT2D eigenvalue weighted by Gasteiger charge is -2.13. The third kappa shape index (κ3) is 2.68. The molecule has 0 aromatic carbocycles. The summed E-state index contributed by atoms with van der Waals surface area (Å²) in [6.07, 6.45) is 0.0932. The van der Waals surface area contributed by atoms with Crippen LogP contribution in [0.2, 0.25) is 0 Å². The van der Waals surface area contributed by atoms with Gasteiger partial charge in [-0.3, -0.25) is 4.98 Å². The molecule has 0 spiro atoms. The first kappa shape index (κ1) is 13.0. The monoisotopic (exact) mass is 273 g/mol. The lowest BCUT2D eigenvalue weighted by molar-refractivity contribution is -0.137. The Morgan fingerprint density at radius 1 is 1.33 bits per heavy atom. The molecule has 2 heterocycles. The zero-order valence-corrected chi connectivity index (χ0v) is 10.2. The fourth-order valence-corrected chi connectivity index (χ4v) is 2.49. The Balaban J connectivity index is 2.32. The number of halogens is 3. The summed E-state index contributed by atoms with van der Waals surface area (Å²) in [6, 6.07) is 3.22. The van der Waals surface area contributed by atoms with E-state index in [1.54, 1.807) is 31.6 Å². The molecule has 7 heteroatoms. The van der Waals surface area contributed by atoms with Crippen molar-refractivity contribution in [2.45, 2.75) is 12.2 Å². The second-order valence-corrected chi connectivity index (χ2v) is 4.64. The Morgan fingerprint density at radius 3 is 2.61 bits per heavy atom. The van der Waals surface area contributed by atoms with Gasteiger partial charge in [0.1, 0.15) is 0 Å². The van der Waals surface area contributed by atoms with Crippen LogP contribution in [0.4, 0.5) is 13.2 Å². The Morgan fingerprint density at radius 2 is 2.11 bits per heavy atom. The van der Waals surface area contributed by atoms with Gasteiger partial charge in [0, 0.05) is 23.5 Å². The molecule has 96 valence electrons. The van der Waals surface area contributed by atoms with E-state index in [4.69, 9.17) is 0 Å². The topological polar surface area (TPSA) is 37.8 Å². The van der Waals surface area contributed by atoms with Crippen molar-refractivity contribution in [3.8, 4) is 0 Å². The van der Waals surface area contributed by atoms with E-state index < -0.39 is 11.2 Å². The molecule has 18 heavy (non-hydrogen) atoms. The molecule has 2 aromatic heterocycles. The number of thiazole rings is 1. The van der Waals surface area contributed by atoms with E-state index in [-0.39, 0.29) is 6.04 Å². The van der Waals surface area contributed by atoms with Crippen LogP contribution < -0.4 is 5.32 Å². The minimum absolute atomic E-state index is 0.327. The van der Waals surface area contributed by atoms with Crippen LogP contribution in [0.25, 0.3) is 0 Å². The average molecular weight is 273 g/mol. The SMILES string of the molecule is CNC(c1cccnc1)c1cnc(C(F)(F)F)s1. The molecule has 0 bridgehead atoms. The van der Waals surface area contributed by atoms with Crippen molar-refractivity contribution < 1.29 is 13.2 Å². The van der Waals surface area contributed by atoms with E-state index in [2.05, 4.69) is 15.3 Å². The number of pyridine rings is 1. The molecule has 3 nitrogen and oxygen atoms in total. The number of rotatable bonds is 3. The molecule has 0 aliphatic heterocycles. The van der Waals surface area contributed by atoms with Gasteiger partial charge in [-0.2, -0.15) is 13.2 Å². The zero-order valence-electron chi connectivity index (χ0n) is 9.40. The third-order valence-electron chi connectivity index (χ3n) is 2.36. The molecule has 0 aliphatic carbocycles. The minimum Gasteiger partial charge on any atom is -0.309 e. The van der Waals surface area contributed by atoms with Crippen LogP contribution in [0.1, 0.15) is 21.5 Å². The fraction of sp³-hybridized carbons (Fsp3) is 0.273. The summed E-state index contributed by atoms with van der Waals surface area (Å²) in [5.41, 5.74) is 0.803. The summed E-state index contributed by atoms with van der Waals surface area (Å²) in [5.74, 6) is 0. The van der Waals surface area contributed by atoms with E-state index in [9.17, 15) is 13.2 Å². The number of aromatic nitrogens is 2. The van der Waals surface area contributed by atoms with Gasteiger partial charge in [-0.15, -0.1) is 11.3 Å². The molecule has 1 unspecified atom stereocenters. The second-order valence-electron chi connectivity index (χ2n) is 3.57. The highest BCUT2D eigenvalue weighted by Crippen LogP contribution is 2.35. The summed E-state index contributed by atoms with van der Waals surface area (Å²) in [6.45, 7) is 0. The Hall–Kier alpha value is -1.47. The minimum atomic E-state index is -4.39. The highest BCUT2D eigenvalue weighted by Gasteiger charge is 2.35. The quantitative estimate of drug-likeness (QED) is 0.934. The van der Waals surface area contributed by atoms with Crippen molar-refractivity contribution in [3.63, 3.8) is 0 Å². The van der Waals surface area contributed by atoms with Crippen molar-refractivity contribution in [2.75, 3.05) is 7.05 Å². The molecule has 2 rings (SSSR count). The van der Waals surface area contributed by atoms with Crippen LogP contribution in [-0.4, -0.2) is 17.0 Å². The van der Waals surface area contributed by atoms with E-state index in [0.29, 0.717) is 16.2 Å². The molecule has 1 atom stereocenters. The molecule has 0 amide bonds. The molecule has 1 N–H and O–H groups in total. The smallest absolute Gasteiger partial charge is 0.309 e. The van der Waals surface area contributed by atoms with Crippen LogP contribution in [0.15, 0.2) is 30.7 Å². The Kier molecular flexibility index (Phi) is 3.63. The molecule has 0 saturated carbocycles. The van der Waals surface area contributed by atoms with E-state index in [0.717, 1.165) is 5.56 Å². The Labute approximate surface area is 106 Å². The second kappa shape index (κ2) is 5.03. The van der Waals surface area contributed by atoms with Crippen LogP contribution in [0, 0.1) is 0 Å². The standard InChI is InChI=1S/C11H10F3N3S/c1-15-9(7-3-2-4-16-5-7)8-6-17-10(18-8)11(12,13)14/h2-6,9,15H,1H3. The summed E-state index contributed by atoms with van der Waals surface area (Å²) < 4.78 is 37.5. The first-order valence-corrected chi connectivity index (χ1v) is 5.94. The largest absolute Gasteiger partial charge is 0.443 e. The number of nitrogens with one attached hydrogen (secondary N) is 1. The maximum absolute atomic E-state index is 12.5. The normalized spacial score (nSPS) is 13.6. The lowest BCUT2D eigenvalue weighted by Crippen LogP contribution is -2.16. The van der Waals surface area contributed by atoms with Gasteiger partial charge < -0.3 is 5.32 Å². The lowest BCUT2D eigenvalue weighted by atomic mass is 10.1.